The largest absolute Gasteiger partial charge is 0.457 e. The van der Waals surface area contributed by atoms with Crippen LogP contribution in [-0.4, -0.2) is 31.9 Å². The van der Waals surface area contributed by atoms with Gasteiger partial charge in [-0.2, -0.15) is 26.3 Å². The first-order valence-electron chi connectivity index (χ1n) is 10.4. The molecule has 0 spiro atoms. The topological polar surface area (TPSA) is 66.8 Å². The number of halogens is 6. The van der Waals surface area contributed by atoms with Crippen molar-refractivity contribution in [3.05, 3.63) is 84.4 Å². The monoisotopic (exact) mass is 533 g/mol. The number of nitrogens with zero attached hydrogens (tertiary/aromatic N) is 1. The van der Waals surface area contributed by atoms with Crippen LogP contribution in [0, 0.1) is 0 Å². The van der Waals surface area contributed by atoms with Gasteiger partial charge in [0.15, 0.2) is 0 Å². The highest BCUT2D eigenvalue weighted by molar-refractivity contribution is 7.92. The molecule has 12 heteroatoms. The van der Waals surface area contributed by atoms with Gasteiger partial charge in [-0.3, -0.25) is 4.31 Å². The molecule has 0 heterocycles. The van der Waals surface area contributed by atoms with E-state index >= 15 is 0 Å². The van der Waals surface area contributed by atoms with E-state index in [1.807, 2.05) is 0 Å². The van der Waals surface area contributed by atoms with Crippen LogP contribution in [0.5, 0.6) is 11.5 Å². The van der Waals surface area contributed by atoms with Crippen LogP contribution in [-0.2, 0) is 15.6 Å². The summed E-state index contributed by atoms with van der Waals surface area (Å²) in [5.74, 6) is 0.793. The summed E-state index contributed by atoms with van der Waals surface area (Å²) < 4.78 is 112. The molecule has 3 aromatic rings. The molecule has 194 valence electrons. The average Bonchev–Trinajstić information content (AvgIpc) is 2.77. The molecule has 0 saturated carbocycles. The van der Waals surface area contributed by atoms with Crippen LogP contribution in [0.2, 0.25) is 0 Å². The molecule has 0 aliphatic heterocycles. The maximum atomic E-state index is 13.4. The standard InChI is InChI=1S/C24H21F6NO4S/c1-16(2)31(18-7-6-10-20(15-18)35-19-8-4-3-5-9-19)36(33,34)21-13-11-17(12-14-21)22(32,23(25,26)27)24(28,29)30/h3-16,32H,1-2H3. The van der Waals surface area contributed by atoms with Crippen molar-refractivity contribution in [1.82, 2.24) is 0 Å². The van der Waals surface area contributed by atoms with Crippen molar-refractivity contribution in [2.75, 3.05) is 4.31 Å². The number of anilines is 1. The molecular formula is C24H21F6NO4S. The fraction of sp³-hybridized carbons (Fsp3) is 0.250. The molecule has 0 fully saturated rings. The third-order valence-corrected chi connectivity index (χ3v) is 7.19. The summed E-state index contributed by atoms with van der Waals surface area (Å²) in [5, 5.41) is 9.55. The molecule has 0 aliphatic carbocycles. The predicted octanol–water partition coefficient (Wildman–Crippen LogP) is 6.39. The van der Waals surface area contributed by atoms with Gasteiger partial charge in [-0.15, -0.1) is 0 Å². The molecule has 0 aromatic heterocycles. The predicted molar refractivity (Wildman–Crippen MR) is 120 cm³/mol. The lowest BCUT2D eigenvalue weighted by molar-refractivity contribution is -0.376. The van der Waals surface area contributed by atoms with E-state index < -0.39 is 44.5 Å². The van der Waals surface area contributed by atoms with Gasteiger partial charge >= 0.3 is 12.4 Å². The fourth-order valence-corrected chi connectivity index (χ4v) is 5.15. The number of hydrogen-bond acceptors (Lipinski definition) is 4. The number of aliphatic hydroxyl groups is 1. The summed E-state index contributed by atoms with van der Waals surface area (Å²) in [5.41, 5.74) is -6.57. The van der Waals surface area contributed by atoms with Crippen LogP contribution in [0.1, 0.15) is 19.4 Å². The quantitative estimate of drug-likeness (QED) is 0.357. The zero-order valence-electron chi connectivity index (χ0n) is 18.9. The van der Waals surface area contributed by atoms with Crippen LogP contribution in [0.15, 0.2) is 83.8 Å². The molecule has 3 aromatic carbocycles. The normalized spacial score (nSPS) is 13.1. The van der Waals surface area contributed by atoms with E-state index in [4.69, 9.17) is 4.74 Å². The summed E-state index contributed by atoms with van der Waals surface area (Å²) >= 11 is 0. The number of ether oxygens (including phenoxy) is 1. The second-order valence-electron chi connectivity index (χ2n) is 8.04. The molecule has 5 nitrogen and oxygen atoms in total. The zero-order chi connectivity index (χ0) is 26.9. The van der Waals surface area contributed by atoms with Gasteiger partial charge in [-0.1, -0.05) is 36.4 Å². The summed E-state index contributed by atoms with van der Waals surface area (Å²) in [6.07, 6.45) is -12.2. The Kier molecular flexibility index (Phi) is 7.34. The summed E-state index contributed by atoms with van der Waals surface area (Å²) in [4.78, 5) is -0.568. The molecule has 0 atom stereocenters. The molecule has 0 bridgehead atoms. The van der Waals surface area contributed by atoms with Gasteiger partial charge in [-0.05, 0) is 50.2 Å². The van der Waals surface area contributed by atoms with Crippen LogP contribution >= 0.6 is 0 Å². The smallest absolute Gasteiger partial charge is 0.430 e. The highest BCUT2D eigenvalue weighted by Crippen LogP contribution is 2.50. The highest BCUT2D eigenvalue weighted by Gasteiger charge is 2.71. The van der Waals surface area contributed by atoms with E-state index in [9.17, 15) is 39.9 Å². The molecule has 0 aliphatic rings. The van der Waals surface area contributed by atoms with Gasteiger partial charge in [0, 0.05) is 17.7 Å². The average molecular weight is 533 g/mol. The van der Waals surface area contributed by atoms with Crippen molar-refractivity contribution in [3.63, 3.8) is 0 Å². The minimum atomic E-state index is -6.09. The Hall–Kier alpha value is -3.25. The van der Waals surface area contributed by atoms with Gasteiger partial charge < -0.3 is 9.84 Å². The van der Waals surface area contributed by atoms with Gasteiger partial charge in [0.05, 0.1) is 10.6 Å². The molecule has 36 heavy (non-hydrogen) atoms. The highest BCUT2D eigenvalue weighted by atomic mass is 32.2. The van der Waals surface area contributed by atoms with E-state index in [0.717, 1.165) is 4.31 Å². The zero-order valence-corrected chi connectivity index (χ0v) is 19.7. The van der Waals surface area contributed by atoms with Gasteiger partial charge in [0.25, 0.3) is 15.6 Å². The molecule has 0 amide bonds. The Morgan fingerprint density at radius 1 is 0.778 bits per heavy atom. The summed E-state index contributed by atoms with van der Waals surface area (Å²) in [6, 6.07) is 15.7. The van der Waals surface area contributed by atoms with E-state index in [2.05, 4.69) is 0 Å². The Bertz CT molecular complexity index is 1280. The first kappa shape index (κ1) is 27.3. The number of benzene rings is 3. The lowest BCUT2D eigenvalue weighted by Gasteiger charge is -2.33. The maximum absolute atomic E-state index is 13.4. The van der Waals surface area contributed by atoms with Crippen molar-refractivity contribution < 1.29 is 44.6 Å². The SMILES string of the molecule is CC(C)N(c1cccc(Oc2ccccc2)c1)S(=O)(=O)c1ccc(C(O)(C(F)(F)F)C(F)(F)F)cc1. The second kappa shape index (κ2) is 9.66. The van der Waals surface area contributed by atoms with Crippen LogP contribution in [0.4, 0.5) is 32.0 Å². The lowest BCUT2D eigenvalue weighted by Crippen LogP contribution is -2.53. The van der Waals surface area contributed by atoms with Crippen LogP contribution in [0.3, 0.4) is 0 Å². The van der Waals surface area contributed by atoms with Gasteiger partial charge in [0.2, 0.25) is 0 Å². The molecule has 0 radical (unpaired) electrons. The van der Waals surface area contributed by atoms with E-state index in [-0.39, 0.29) is 5.69 Å². The van der Waals surface area contributed by atoms with Crippen LogP contribution < -0.4 is 9.04 Å². The number of alkyl halides is 6. The molecule has 0 saturated heterocycles. The number of para-hydroxylation sites is 1. The summed E-state index contributed by atoms with van der Waals surface area (Å²) in [7, 11) is -4.44. The molecule has 0 unspecified atom stereocenters. The number of hydrogen-bond donors (Lipinski definition) is 1. The maximum Gasteiger partial charge on any atom is 0.430 e. The first-order valence-corrected chi connectivity index (χ1v) is 11.9. The third-order valence-electron chi connectivity index (χ3n) is 5.17. The van der Waals surface area contributed by atoms with Gasteiger partial charge in [0.1, 0.15) is 11.5 Å². The van der Waals surface area contributed by atoms with Crippen LogP contribution in [0.25, 0.3) is 0 Å². The lowest BCUT2D eigenvalue weighted by atomic mass is 9.92. The fourth-order valence-electron chi connectivity index (χ4n) is 3.49. The third kappa shape index (κ3) is 5.14. The molecule has 1 N–H and O–H groups in total. The van der Waals surface area contributed by atoms with Crippen molar-refractivity contribution in [2.45, 2.75) is 42.7 Å². The number of sulfonamides is 1. The molecule has 3 rings (SSSR count). The van der Waals surface area contributed by atoms with E-state index in [1.54, 1.807) is 50.2 Å². The van der Waals surface area contributed by atoms with Crippen molar-refractivity contribution in [2.24, 2.45) is 0 Å². The van der Waals surface area contributed by atoms with Crippen molar-refractivity contribution in [1.29, 1.82) is 0 Å². The first-order chi connectivity index (χ1) is 16.6. The minimum absolute atomic E-state index is 0.157. The van der Waals surface area contributed by atoms with Gasteiger partial charge in [-0.25, -0.2) is 8.42 Å². The molecular weight excluding hydrogens is 512 g/mol. The van der Waals surface area contributed by atoms with Crippen molar-refractivity contribution in [3.8, 4) is 11.5 Å². The Morgan fingerprint density at radius 3 is 1.81 bits per heavy atom. The Labute approximate surface area is 203 Å². The minimum Gasteiger partial charge on any atom is -0.457 e. The Balaban J connectivity index is 2.00. The number of rotatable bonds is 7. The van der Waals surface area contributed by atoms with E-state index in [0.29, 0.717) is 35.8 Å². The summed E-state index contributed by atoms with van der Waals surface area (Å²) in [6.45, 7) is 3.09. The Morgan fingerprint density at radius 2 is 1.31 bits per heavy atom. The van der Waals surface area contributed by atoms with Crippen molar-refractivity contribution >= 4 is 15.7 Å². The van der Waals surface area contributed by atoms with E-state index in [1.165, 1.54) is 18.2 Å². The second-order valence-corrected chi connectivity index (χ2v) is 9.85.